The van der Waals surface area contributed by atoms with Crippen molar-refractivity contribution < 1.29 is 17.9 Å². The van der Waals surface area contributed by atoms with Crippen molar-refractivity contribution in [2.45, 2.75) is 32.7 Å². The van der Waals surface area contributed by atoms with Crippen LogP contribution in [0.15, 0.2) is 48.0 Å². The molecule has 0 aliphatic heterocycles. The third-order valence-electron chi connectivity index (χ3n) is 3.46. The normalized spacial score (nSPS) is 12.9. The number of amides is 1. The van der Waals surface area contributed by atoms with Crippen molar-refractivity contribution in [2.24, 2.45) is 0 Å². The lowest BCUT2D eigenvalue weighted by atomic mass is 10.2. The molecule has 1 amide bonds. The molecule has 7 nitrogen and oxygen atoms in total. The molecule has 0 radical (unpaired) electrons. The first kappa shape index (κ1) is 20.6. The van der Waals surface area contributed by atoms with Gasteiger partial charge in [-0.2, -0.15) is 4.98 Å². The summed E-state index contributed by atoms with van der Waals surface area (Å²) in [4.78, 5) is 21.2. The van der Waals surface area contributed by atoms with Crippen LogP contribution >= 0.6 is 0 Å². The number of para-hydroxylation sites is 1. The SMILES string of the molecule is CC(C=CS(C)(=O)=O)NC(=O)c1cnc(C(C)C)nc1Oc1ccccc1. The molecule has 0 bridgehead atoms. The molecule has 0 spiro atoms. The summed E-state index contributed by atoms with van der Waals surface area (Å²) in [7, 11) is -3.26. The fourth-order valence-electron chi connectivity index (χ4n) is 2.08. The van der Waals surface area contributed by atoms with Gasteiger partial charge in [-0.15, -0.1) is 0 Å². The zero-order chi connectivity index (χ0) is 20.0. The van der Waals surface area contributed by atoms with Crippen LogP contribution in [0.3, 0.4) is 0 Å². The molecule has 1 heterocycles. The summed E-state index contributed by atoms with van der Waals surface area (Å²) >= 11 is 0. The molecule has 27 heavy (non-hydrogen) atoms. The summed E-state index contributed by atoms with van der Waals surface area (Å²) in [5.41, 5.74) is 0.169. The molecule has 1 N–H and O–H groups in total. The van der Waals surface area contributed by atoms with E-state index < -0.39 is 21.8 Å². The molecule has 0 aliphatic carbocycles. The maximum atomic E-state index is 12.6. The van der Waals surface area contributed by atoms with Crippen molar-refractivity contribution >= 4 is 15.7 Å². The second kappa shape index (κ2) is 8.77. The van der Waals surface area contributed by atoms with E-state index in [0.29, 0.717) is 11.6 Å². The minimum absolute atomic E-state index is 0.0665. The maximum Gasteiger partial charge on any atom is 0.258 e. The molecule has 2 aromatic rings. The molecule has 1 atom stereocenters. The smallest absolute Gasteiger partial charge is 0.258 e. The average Bonchev–Trinajstić information content (AvgIpc) is 2.60. The fraction of sp³-hybridized carbons (Fsp3) is 0.316. The topological polar surface area (TPSA) is 98.2 Å². The number of nitrogens with zero attached hydrogens (tertiary/aromatic N) is 2. The second-order valence-corrected chi connectivity index (χ2v) is 8.37. The lowest BCUT2D eigenvalue weighted by molar-refractivity contribution is 0.0943. The zero-order valence-electron chi connectivity index (χ0n) is 15.7. The number of ether oxygens (including phenoxy) is 1. The maximum absolute atomic E-state index is 12.6. The quantitative estimate of drug-likeness (QED) is 0.781. The van der Waals surface area contributed by atoms with E-state index in [0.717, 1.165) is 11.7 Å². The van der Waals surface area contributed by atoms with E-state index in [2.05, 4.69) is 15.3 Å². The highest BCUT2D eigenvalue weighted by atomic mass is 32.2. The summed E-state index contributed by atoms with van der Waals surface area (Å²) in [5, 5.41) is 3.75. The first-order chi connectivity index (χ1) is 12.7. The minimum atomic E-state index is -3.26. The number of aromatic nitrogens is 2. The van der Waals surface area contributed by atoms with Crippen LogP contribution in [0.4, 0.5) is 0 Å². The van der Waals surface area contributed by atoms with Crippen molar-refractivity contribution in [2.75, 3.05) is 6.26 Å². The molecule has 1 aromatic carbocycles. The highest BCUT2D eigenvalue weighted by molar-refractivity contribution is 7.93. The summed E-state index contributed by atoms with van der Waals surface area (Å²) in [6, 6.07) is 8.51. The molecule has 1 aromatic heterocycles. The molecule has 2 rings (SSSR count). The Balaban J connectivity index is 2.28. The van der Waals surface area contributed by atoms with E-state index in [1.165, 1.54) is 12.3 Å². The summed E-state index contributed by atoms with van der Waals surface area (Å²) in [6.07, 6.45) is 3.90. The predicted molar refractivity (Wildman–Crippen MR) is 104 cm³/mol. The van der Waals surface area contributed by atoms with E-state index in [1.807, 2.05) is 32.0 Å². The number of sulfone groups is 1. The molecule has 1 unspecified atom stereocenters. The van der Waals surface area contributed by atoms with Gasteiger partial charge in [-0.1, -0.05) is 38.1 Å². The molecule has 144 valence electrons. The van der Waals surface area contributed by atoms with Gasteiger partial charge in [-0.05, 0) is 19.1 Å². The van der Waals surface area contributed by atoms with Crippen LogP contribution in [-0.4, -0.2) is 36.6 Å². The summed E-state index contributed by atoms with van der Waals surface area (Å²) < 4.78 is 28.2. The summed E-state index contributed by atoms with van der Waals surface area (Å²) in [6.45, 7) is 5.56. The first-order valence-corrected chi connectivity index (χ1v) is 10.4. The fourth-order valence-corrected chi connectivity index (χ4v) is 2.61. The Morgan fingerprint density at radius 1 is 1.19 bits per heavy atom. The van der Waals surface area contributed by atoms with Crippen molar-refractivity contribution in [3.8, 4) is 11.6 Å². The van der Waals surface area contributed by atoms with Crippen LogP contribution < -0.4 is 10.1 Å². The standard InChI is InChI=1S/C19H23N3O4S/c1-13(2)17-20-12-16(18(23)21-14(3)10-11-27(4,24)25)19(22-17)26-15-8-6-5-7-9-15/h5-14H,1-4H3,(H,21,23). The van der Waals surface area contributed by atoms with Gasteiger partial charge in [-0.3, -0.25) is 4.79 Å². The molecule has 0 fully saturated rings. The molecule has 0 saturated carbocycles. The van der Waals surface area contributed by atoms with Gasteiger partial charge in [0.1, 0.15) is 17.1 Å². The third kappa shape index (κ3) is 6.49. The van der Waals surface area contributed by atoms with E-state index >= 15 is 0 Å². The number of hydrogen-bond donors (Lipinski definition) is 1. The summed E-state index contributed by atoms with van der Waals surface area (Å²) in [5.74, 6) is 0.864. The Hall–Kier alpha value is -2.74. The number of hydrogen-bond acceptors (Lipinski definition) is 6. The molecule has 0 aliphatic rings. The third-order valence-corrected chi connectivity index (χ3v) is 4.12. The lowest BCUT2D eigenvalue weighted by Gasteiger charge is -2.14. The number of carbonyl (C=O) groups excluding carboxylic acids is 1. The van der Waals surface area contributed by atoms with Gasteiger partial charge in [0, 0.05) is 29.8 Å². The zero-order valence-corrected chi connectivity index (χ0v) is 16.5. The monoisotopic (exact) mass is 389 g/mol. The van der Waals surface area contributed by atoms with Gasteiger partial charge >= 0.3 is 0 Å². The Kier molecular flexibility index (Phi) is 6.68. The van der Waals surface area contributed by atoms with Gasteiger partial charge < -0.3 is 10.1 Å². The predicted octanol–water partition coefficient (Wildman–Crippen LogP) is 3.07. The van der Waals surface area contributed by atoms with E-state index in [4.69, 9.17) is 4.74 Å². The van der Waals surface area contributed by atoms with Crippen molar-refractivity contribution in [3.63, 3.8) is 0 Å². The van der Waals surface area contributed by atoms with Gasteiger partial charge in [-0.25, -0.2) is 13.4 Å². The van der Waals surface area contributed by atoms with Crippen molar-refractivity contribution in [3.05, 3.63) is 59.4 Å². The molecular weight excluding hydrogens is 366 g/mol. The number of carbonyl (C=O) groups is 1. The van der Waals surface area contributed by atoms with E-state index in [-0.39, 0.29) is 17.4 Å². The minimum Gasteiger partial charge on any atom is -0.438 e. The molecule has 0 saturated heterocycles. The van der Waals surface area contributed by atoms with Crippen LogP contribution in [0.5, 0.6) is 11.6 Å². The van der Waals surface area contributed by atoms with Crippen LogP contribution in [0.25, 0.3) is 0 Å². The lowest BCUT2D eigenvalue weighted by Crippen LogP contribution is -2.31. The van der Waals surface area contributed by atoms with Crippen LogP contribution in [0.1, 0.15) is 42.9 Å². The van der Waals surface area contributed by atoms with Crippen molar-refractivity contribution in [1.82, 2.24) is 15.3 Å². The van der Waals surface area contributed by atoms with Crippen LogP contribution in [0.2, 0.25) is 0 Å². The van der Waals surface area contributed by atoms with E-state index in [9.17, 15) is 13.2 Å². The molecule has 8 heteroatoms. The first-order valence-electron chi connectivity index (χ1n) is 8.44. The largest absolute Gasteiger partial charge is 0.438 e. The highest BCUT2D eigenvalue weighted by Gasteiger charge is 2.19. The van der Waals surface area contributed by atoms with Gasteiger partial charge in [0.15, 0.2) is 9.84 Å². The second-order valence-electron chi connectivity index (χ2n) is 6.44. The number of benzene rings is 1. The Morgan fingerprint density at radius 3 is 2.44 bits per heavy atom. The van der Waals surface area contributed by atoms with Gasteiger partial charge in [0.25, 0.3) is 5.91 Å². The van der Waals surface area contributed by atoms with Crippen LogP contribution in [0, 0.1) is 0 Å². The Labute approximate surface area is 159 Å². The van der Waals surface area contributed by atoms with Crippen LogP contribution in [-0.2, 0) is 9.84 Å². The molecular formula is C19H23N3O4S. The van der Waals surface area contributed by atoms with Crippen molar-refractivity contribution in [1.29, 1.82) is 0 Å². The Morgan fingerprint density at radius 2 is 1.85 bits per heavy atom. The average molecular weight is 389 g/mol. The number of rotatable bonds is 7. The highest BCUT2D eigenvalue weighted by Crippen LogP contribution is 2.24. The Bertz CT molecular complexity index is 925. The van der Waals surface area contributed by atoms with Gasteiger partial charge in [0.05, 0.1) is 0 Å². The number of nitrogens with one attached hydrogen (secondary N) is 1. The van der Waals surface area contributed by atoms with Gasteiger partial charge in [0.2, 0.25) is 5.88 Å². The van der Waals surface area contributed by atoms with E-state index in [1.54, 1.807) is 19.1 Å².